The molecule has 0 saturated carbocycles. The molecule has 0 spiro atoms. The van der Waals surface area contributed by atoms with E-state index in [1.807, 2.05) is 0 Å². The van der Waals surface area contributed by atoms with Crippen LogP contribution in [0.5, 0.6) is 0 Å². The zero-order valence-corrected chi connectivity index (χ0v) is 17.9. The third-order valence-electron chi connectivity index (χ3n) is 4.70. The lowest BCUT2D eigenvalue weighted by Crippen LogP contribution is -2.33. The van der Waals surface area contributed by atoms with Crippen molar-refractivity contribution in [3.05, 3.63) is 64.2 Å². The van der Waals surface area contributed by atoms with E-state index >= 15 is 0 Å². The van der Waals surface area contributed by atoms with Gasteiger partial charge in [0.2, 0.25) is 10.0 Å². The van der Waals surface area contributed by atoms with Crippen LogP contribution in [0.15, 0.2) is 47.4 Å². The summed E-state index contributed by atoms with van der Waals surface area (Å²) in [7, 11) is -3.81. The van der Waals surface area contributed by atoms with E-state index in [1.165, 1.54) is 28.6 Å². The topological polar surface area (TPSA) is 101 Å². The Labute approximate surface area is 179 Å². The fourth-order valence-electron chi connectivity index (χ4n) is 3.09. The number of sulfonamides is 1. The molecule has 10 heteroatoms. The minimum atomic E-state index is -3.81. The number of carbonyl (C=O) groups excluding carboxylic acids is 3. The summed E-state index contributed by atoms with van der Waals surface area (Å²) in [6.07, 6.45) is 0. The first kappa shape index (κ1) is 21.9. The third kappa shape index (κ3) is 3.83. The minimum absolute atomic E-state index is 0.0131. The van der Waals surface area contributed by atoms with Gasteiger partial charge in [-0.05, 0) is 30.3 Å². The van der Waals surface area contributed by atoms with Crippen molar-refractivity contribution >= 4 is 39.4 Å². The number of benzene rings is 2. The molecule has 2 aromatic rings. The van der Waals surface area contributed by atoms with Gasteiger partial charge in [0.15, 0.2) is 6.73 Å². The summed E-state index contributed by atoms with van der Waals surface area (Å²) in [5.74, 6) is -2.10. The van der Waals surface area contributed by atoms with Crippen molar-refractivity contribution < 1.29 is 27.5 Å². The second kappa shape index (κ2) is 8.55. The summed E-state index contributed by atoms with van der Waals surface area (Å²) in [4.78, 5) is 37.9. The van der Waals surface area contributed by atoms with Crippen molar-refractivity contribution in [2.45, 2.75) is 18.7 Å². The molecule has 1 heterocycles. The number of imide groups is 1. The maximum absolute atomic E-state index is 12.7. The van der Waals surface area contributed by atoms with Gasteiger partial charge in [-0.15, -0.1) is 0 Å². The second-order valence-electron chi connectivity index (χ2n) is 6.38. The van der Waals surface area contributed by atoms with Crippen LogP contribution in [-0.2, 0) is 14.8 Å². The number of amides is 2. The van der Waals surface area contributed by atoms with E-state index in [0.717, 1.165) is 11.0 Å². The lowest BCUT2D eigenvalue weighted by molar-refractivity contribution is 0.0228. The SMILES string of the molecule is CCN(CC)S(=O)(=O)c1ccc(Cl)c(C(=O)OCN2C(=O)c3ccccc3C2=O)c1. The van der Waals surface area contributed by atoms with Crippen LogP contribution in [0.4, 0.5) is 0 Å². The van der Waals surface area contributed by atoms with Gasteiger partial charge in [-0.2, -0.15) is 4.31 Å². The molecule has 1 aliphatic rings. The first-order chi connectivity index (χ1) is 14.2. The number of hydrogen-bond acceptors (Lipinski definition) is 6. The molecular weight excluding hydrogens is 432 g/mol. The van der Waals surface area contributed by atoms with Crippen molar-refractivity contribution in [3.63, 3.8) is 0 Å². The van der Waals surface area contributed by atoms with Crippen LogP contribution in [0.2, 0.25) is 5.02 Å². The van der Waals surface area contributed by atoms with Crippen LogP contribution in [0.25, 0.3) is 0 Å². The molecule has 0 fully saturated rings. The van der Waals surface area contributed by atoms with Crippen LogP contribution < -0.4 is 0 Å². The maximum Gasteiger partial charge on any atom is 0.341 e. The number of rotatable bonds is 7. The first-order valence-electron chi connectivity index (χ1n) is 9.14. The van der Waals surface area contributed by atoms with Crippen LogP contribution >= 0.6 is 11.6 Å². The van der Waals surface area contributed by atoms with Gasteiger partial charge < -0.3 is 4.74 Å². The smallest absolute Gasteiger partial charge is 0.341 e. The number of ether oxygens (including phenoxy) is 1. The van der Waals surface area contributed by atoms with Crippen LogP contribution in [0.1, 0.15) is 44.9 Å². The van der Waals surface area contributed by atoms with E-state index in [2.05, 4.69) is 0 Å². The fraction of sp³-hybridized carbons (Fsp3) is 0.250. The third-order valence-corrected chi connectivity index (χ3v) is 7.08. The second-order valence-corrected chi connectivity index (χ2v) is 8.72. The van der Waals surface area contributed by atoms with Gasteiger partial charge in [0.1, 0.15) is 0 Å². The Balaban J connectivity index is 1.80. The molecule has 2 amide bonds. The number of nitrogens with zero attached hydrogens (tertiary/aromatic N) is 2. The standard InChI is InChI=1S/C20H19ClN2O6S/c1-3-22(4-2)30(27,28)13-9-10-17(21)16(11-13)20(26)29-12-23-18(24)14-7-5-6-8-15(14)19(23)25/h5-11H,3-4,12H2,1-2H3. The first-order valence-corrected chi connectivity index (χ1v) is 11.0. The molecule has 158 valence electrons. The highest BCUT2D eigenvalue weighted by Crippen LogP contribution is 2.25. The lowest BCUT2D eigenvalue weighted by Gasteiger charge is -2.19. The summed E-state index contributed by atoms with van der Waals surface area (Å²) in [5.41, 5.74) is 0.272. The molecule has 0 N–H and O–H groups in total. The molecule has 8 nitrogen and oxygen atoms in total. The zero-order valence-electron chi connectivity index (χ0n) is 16.3. The average molecular weight is 451 g/mol. The highest BCUT2D eigenvalue weighted by atomic mass is 35.5. The van der Waals surface area contributed by atoms with Crippen molar-refractivity contribution in [2.24, 2.45) is 0 Å². The van der Waals surface area contributed by atoms with Crippen molar-refractivity contribution in [3.8, 4) is 0 Å². The minimum Gasteiger partial charge on any atom is -0.440 e. The Morgan fingerprint density at radius 3 is 2.13 bits per heavy atom. The molecule has 30 heavy (non-hydrogen) atoms. The van der Waals surface area contributed by atoms with E-state index in [4.69, 9.17) is 16.3 Å². The molecule has 3 rings (SSSR count). The summed E-state index contributed by atoms with van der Waals surface area (Å²) in [6, 6.07) is 9.99. The number of esters is 1. The average Bonchev–Trinajstić information content (AvgIpc) is 2.97. The van der Waals surface area contributed by atoms with E-state index in [1.54, 1.807) is 26.0 Å². The molecule has 0 aliphatic carbocycles. The summed E-state index contributed by atoms with van der Waals surface area (Å²) < 4.78 is 31.7. The van der Waals surface area contributed by atoms with Crippen molar-refractivity contribution in [1.29, 1.82) is 0 Å². The number of hydrogen-bond donors (Lipinski definition) is 0. The van der Waals surface area contributed by atoms with Gasteiger partial charge >= 0.3 is 5.97 Å². The summed E-state index contributed by atoms with van der Waals surface area (Å²) >= 11 is 6.06. The molecule has 0 aromatic heterocycles. The van der Waals surface area contributed by atoms with E-state index in [-0.39, 0.29) is 39.7 Å². The van der Waals surface area contributed by atoms with Gasteiger partial charge in [0.05, 0.1) is 26.6 Å². The lowest BCUT2D eigenvalue weighted by atomic mass is 10.1. The monoisotopic (exact) mass is 450 g/mol. The van der Waals surface area contributed by atoms with Gasteiger partial charge in [-0.25, -0.2) is 18.1 Å². The highest BCUT2D eigenvalue weighted by Gasteiger charge is 2.36. The van der Waals surface area contributed by atoms with Crippen molar-refractivity contribution in [2.75, 3.05) is 19.8 Å². The quantitative estimate of drug-likeness (QED) is 0.475. The summed E-state index contributed by atoms with van der Waals surface area (Å²) in [6.45, 7) is 3.32. The van der Waals surface area contributed by atoms with Crippen molar-refractivity contribution in [1.82, 2.24) is 9.21 Å². The van der Waals surface area contributed by atoms with E-state index in [9.17, 15) is 22.8 Å². The number of fused-ring (bicyclic) bond motifs is 1. The fourth-order valence-corrected chi connectivity index (χ4v) is 4.77. The predicted molar refractivity (Wildman–Crippen MR) is 109 cm³/mol. The molecule has 1 aliphatic heterocycles. The van der Waals surface area contributed by atoms with Gasteiger partial charge in [-0.1, -0.05) is 37.6 Å². The van der Waals surface area contributed by atoms with Crippen LogP contribution in [0.3, 0.4) is 0 Å². The molecular formula is C20H19ClN2O6S. The number of halogens is 1. The molecule has 0 unspecified atom stereocenters. The Bertz CT molecular complexity index is 1090. The highest BCUT2D eigenvalue weighted by molar-refractivity contribution is 7.89. The number of carbonyl (C=O) groups is 3. The molecule has 0 bridgehead atoms. The molecule has 0 atom stereocenters. The Kier molecular flexibility index (Phi) is 6.25. The van der Waals surface area contributed by atoms with E-state index in [0.29, 0.717) is 0 Å². The zero-order chi connectivity index (χ0) is 22.1. The Hall–Kier alpha value is -2.75. The Morgan fingerprint density at radius 1 is 1.03 bits per heavy atom. The maximum atomic E-state index is 12.7. The molecule has 2 aromatic carbocycles. The Morgan fingerprint density at radius 2 is 1.60 bits per heavy atom. The van der Waals surface area contributed by atoms with E-state index < -0.39 is 34.5 Å². The van der Waals surface area contributed by atoms with Crippen LogP contribution in [-0.4, -0.2) is 55.2 Å². The normalized spacial score (nSPS) is 13.7. The van der Waals surface area contributed by atoms with Gasteiger partial charge in [0.25, 0.3) is 11.8 Å². The van der Waals surface area contributed by atoms with Gasteiger partial charge in [-0.3, -0.25) is 9.59 Å². The largest absolute Gasteiger partial charge is 0.440 e. The van der Waals surface area contributed by atoms with Gasteiger partial charge in [0, 0.05) is 13.1 Å². The predicted octanol–water partition coefficient (Wildman–Crippen LogP) is 2.78. The molecule has 0 saturated heterocycles. The van der Waals surface area contributed by atoms with Crippen LogP contribution in [0, 0.1) is 0 Å². The molecule has 0 radical (unpaired) electrons. The summed E-state index contributed by atoms with van der Waals surface area (Å²) in [5, 5.41) is -0.0131.